The molecule has 0 aliphatic rings. The van der Waals surface area contributed by atoms with Crippen LogP contribution in [0.5, 0.6) is 0 Å². The molecule has 0 unspecified atom stereocenters. The molecule has 0 aliphatic heterocycles. The highest BCUT2D eigenvalue weighted by molar-refractivity contribution is 7.12. The summed E-state index contributed by atoms with van der Waals surface area (Å²) in [5.41, 5.74) is 3.48. The lowest BCUT2D eigenvalue weighted by molar-refractivity contribution is -0.349. The molecule has 0 saturated carbocycles. The van der Waals surface area contributed by atoms with Crippen molar-refractivity contribution in [2.45, 2.75) is 0 Å². The van der Waals surface area contributed by atoms with Crippen molar-refractivity contribution in [1.29, 1.82) is 0 Å². The Bertz CT molecular complexity index is 246. The summed E-state index contributed by atoms with van der Waals surface area (Å²) in [7, 11) is 0. The number of rotatable bonds is 2. The van der Waals surface area contributed by atoms with Crippen LogP contribution in [-0.4, -0.2) is 12.3 Å². The molecule has 10 heavy (non-hydrogen) atoms. The Morgan fingerprint density at radius 1 is 1.80 bits per heavy atom. The van der Waals surface area contributed by atoms with E-state index < -0.39 is 0 Å². The quantitative estimate of drug-likeness (QED) is 0.667. The van der Waals surface area contributed by atoms with Crippen molar-refractivity contribution in [2.24, 2.45) is 0 Å². The summed E-state index contributed by atoms with van der Waals surface area (Å²) in [4.78, 5) is 11.6. The number of hydrogen-bond acceptors (Lipinski definition) is 2. The van der Waals surface area contributed by atoms with Crippen molar-refractivity contribution >= 4 is 28.7 Å². The van der Waals surface area contributed by atoms with Gasteiger partial charge in [-0.15, -0.1) is 11.3 Å². The Balaban J connectivity index is 2.93. The number of carbonyl (C=O) groups excluding carboxylic acids is 1. The van der Waals surface area contributed by atoms with Crippen LogP contribution in [0.25, 0.3) is 0 Å². The topological polar surface area (TPSA) is 44.7 Å². The highest BCUT2D eigenvalue weighted by atomic mass is 35.5. The van der Waals surface area contributed by atoms with Crippen molar-refractivity contribution in [3.63, 3.8) is 0 Å². The van der Waals surface area contributed by atoms with E-state index in [1.165, 1.54) is 11.3 Å². The van der Waals surface area contributed by atoms with E-state index in [1.54, 1.807) is 11.4 Å². The van der Waals surface area contributed by atoms with Crippen LogP contribution in [-0.2, 0) is 0 Å². The molecule has 0 aliphatic carbocycles. The lowest BCUT2D eigenvalue weighted by Crippen LogP contribution is -2.53. The standard InChI is InChI=1S/C6H6ClNOS/c7-4-1-2-10-6(4)5(9)3-8/h1-2H,3,8H2/p+1. The molecule has 0 fully saturated rings. The van der Waals surface area contributed by atoms with E-state index in [0.717, 1.165) is 0 Å². The summed E-state index contributed by atoms with van der Waals surface area (Å²) < 4.78 is 0. The Kier molecular flexibility index (Phi) is 2.43. The molecule has 3 N–H and O–H groups in total. The van der Waals surface area contributed by atoms with Gasteiger partial charge in [-0.3, -0.25) is 4.79 Å². The van der Waals surface area contributed by atoms with Crippen molar-refractivity contribution < 1.29 is 10.5 Å². The first-order valence-electron chi connectivity index (χ1n) is 2.81. The predicted molar refractivity (Wildman–Crippen MR) is 41.4 cm³/mol. The number of ketones is 1. The molecule has 0 radical (unpaired) electrons. The third-order valence-corrected chi connectivity index (χ3v) is 2.48. The highest BCUT2D eigenvalue weighted by Crippen LogP contribution is 2.21. The Hall–Kier alpha value is -0.380. The summed E-state index contributed by atoms with van der Waals surface area (Å²) in [5.74, 6) is 0.0139. The minimum Gasteiger partial charge on any atom is -0.351 e. The van der Waals surface area contributed by atoms with E-state index in [2.05, 4.69) is 5.73 Å². The van der Waals surface area contributed by atoms with E-state index in [4.69, 9.17) is 11.6 Å². The van der Waals surface area contributed by atoms with Crippen LogP contribution in [0.4, 0.5) is 0 Å². The largest absolute Gasteiger partial charge is 0.351 e. The van der Waals surface area contributed by atoms with E-state index >= 15 is 0 Å². The first-order chi connectivity index (χ1) is 4.75. The fraction of sp³-hybridized carbons (Fsp3) is 0.167. The molecule has 54 valence electrons. The molecule has 2 nitrogen and oxygen atoms in total. The van der Waals surface area contributed by atoms with E-state index in [0.29, 0.717) is 9.90 Å². The zero-order valence-electron chi connectivity index (χ0n) is 5.26. The SMILES string of the molecule is [NH3+]CC(=O)c1sccc1Cl. The molecule has 1 rings (SSSR count). The molecule has 0 saturated heterocycles. The van der Waals surface area contributed by atoms with Gasteiger partial charge < -0.3 is 5.73 Å². The first kappa shape index (κ1) is 7.72. The highest BCUT2D eigenvalue weighted by Gasteiger charge is 2.10. The van der Waals surface area contributed by atoms with Gasteiger partial charge in [0.05, 0.1) is 9.90 Å². The summed E-state index contributed by atoms with van der Waals surface area (Å²) in [6, 6.07) is 1.72. The number of quaternary nitrogens is 1. The van der Waals surface area contributed by atoms with Gasteiger partial charge in [0.2, 0.25) is 5.78 Å². The second-order valence-corrected chi connectivity index (χ2v) is 3.09. The predicted octanol–water partition coefficient (Wildman–Crippen LogP) is 0.826. The zero-order chi connectivity index (χ0) is 7.56. The molecular formula is C6H7ClNOS+. The Labute approximate surface area is 67.6 Å². The molecule has 4 heteroatoms. The summed E-state index contributed by atoms with van der Waals surface area (Å²) >= 11 is 7.04. The third kappa shape index (κ3) is 1.37. The smallest absolute Gasteiger partial charge is 0.228 e. The summed E-state index contributed by atoms with van der Waals surface area (Å²) in [5, 5.41) is 2.34. The molecule has 0 atom stereocenters. The van der Waals surface area contributed by atoms with Crippen molar-refractivity contribution in [2.75, 3.05) is 6.54 Å². The van der Waals surface area contributed by atoms with Gasteiger partial charge >= 0.3 is 0 Å². The Morgan fingerprint density at radius 2 is 2.50 bits per heavy atom. The van der Waals surface area contributed by atoms with Gasteiger partial charge in [-0.05, 0) is 11.4 Å². The van der Waals surface area contributed by atoms with E-state index in [-0.39, 0.29) is 12.3 Å². The maximum atomic E-state index is 11.0. The molecule has 0 spiro atoms. The number of Topliss-reactive ketones (excluding diaryl/α,β-unsaturated/α-hetero) is 1. The molecule has 0 amide bonds. The minimum atomic E-state index is 0.0139. The van der Waals surface area contributed by atoms with Gasteiger partial charge in [0.15, 0.2) is 0 Å². The second kappa shape index (κ2) is 3.14. The van der Waals surface area contributed by atoms with E-state index in [9.17, 15) is 4.79 Å². The fourth-order valence-electron chi connectivity index (χ4n) is 0.606. The average molecular weight is 177 g/mol. The summed E-state index contributed by atoms with van der Waals surface area (Å²) in [6.07, 6.45) is 0. The number of thiophene rings is 1. The van der Waals surface area contributed by atoms with E-state index in [1.807, 2.05) is 0 Å². The van der Waals surface area contributed by atoms with Gasteiger partial charge in [0.25, 0.3) is 0 Å². The maximum Gasteiger partial charge on any atom is 0.228 e. The summed E-state index contributed by atoms with van der Waals surface area (Å²) in [6.45, 7) is 0.278. The third-order valence-electron chi connectivity index (χ3n) is 1.10. The molecule has 1 aromatic rings. The molecular weight excluding hydrogens is 170 g/mol. The first-order valence-corrected chi connectivity index (χ1v) is 4.07. The van der Waals surface area contributed by atoms with Gasteiger partial charge in [0.1, 0.15) is 6.54 Å². The normalized spacial score (nSPS) is 9.80. The molecule has 1 heterocycles. The maximum absolute atomic E-state index is 11.0. The van der Waals surface area contributed by atoms with Gasteiger partial charge in [-0.2, -0.15) is 0 Å². The van der Waals surface area contributed by atoms with Crippen LogP contribution in [0.15, 0.2) is 11.4 Å². The number of halogens is 1. The van der Waals surface area contributed by atoms with Crippen LogP contribution in [0.1, 0.15) is 9.67 Å². The molecule has 1 aromatic heterocycles. The molecule has 0 aromatic carbocycles. The van der Waals surface area contributed by atoms with Gasteiger partial charge in [-0.25, -0.2) is 0 Å². The fourth-order valence-corrected chi connectivity index (χ4v) is 1.74. The number of hydrogen-bond donors (Lipinski definition) is 1. The zero-order valence-corrected chi connectivity index (χ0v) is 6.84. The number of carbonyl (C=O) groups is 1. The minimum absolute atomic E-state index is 0.0139. The van der Waals surface area contributed by atoms with Crippen molar-refractivity contribution in [1.82, 2.24) is 0 Å². The van der Waals surface area contributed by atoms with Gasteiger partial charge in [0, 0.05) is 0 Å². The Morgan fingerprint density at radius 3 is 2.90 bits per heavy atom. The van der Waals surface area contributed by atoms with Crippen LogP contribution >= 0.6 is 22.9 Å². The average Bonchev–Trinajstić information content (AvgIpc) is 2.34. The second-order valence-electron chi connectivity index (χ2n) is 1.77. The van der Waals surface area contributed by atoms with Crippen molar-refractivity contribution in [3.8, 4) is 0 Å². The monoisotopic (exact) mass is 176 g/mol. The lowest BCUT2D eigenvalue weighted by Gasteiger charge is -1.88. The van der Waals surface area contributed by atoms with Crippen LogP contribution < -0.4 is 5.73 Å². The lowest BCUT2D eigenvalue weighted by atomic mass is 10.3. The van der Waals surface area contributed by atoms with Crippen molar-refractivity contribution in [3.05, 3.63) is 21.3 Å². The van der Waals surface area contributed by atoms with Crippen LogP contribution in [0, 0.1) is 0 Å². The van der Waals surface area contributed by atoms with Gasteiger partial charge in [-0.1, -0.05) is 11.6 Å². The molecule has 0 bridgehead atoms. The van der Waals surface area contributed by atoms with Crippen LogP contribution in [0.3, 0.4) is 0 Å². The van der Waals surface area contributed by atoms with Crippen LogP contribution in [0.2, 0.25) is 5.02 Å².